The zero-order valence-corrected chi connectivity index (χ0v) is 10.5. The van der Waals surface area contributed by atoms with Gasteiger partial charge < -0.3 is 19.7 Å². The fourth-order valence-corrected chi connectivity index (χ4v) is 0.966. The van der Waals surface area contributed by atoms with Crippen LogP contribution in [0.5, 0.6) is 5.75 Å². The van der Waals surface area contributed by atoms with E-state index in [9.17, 15) is 0 Å². The molecule has 2 N–H and O–H groups in total. The van der Waals surface area contributed by atoms with Crippen molar-refractivity contribution >= 4 is 0 Å². The summed E-state index contributed by atoms with van der Waals surface area (Å²) in [4.78, 5) is 0. The van der Waals surface area contributed by atoms with Crippen LogP contribution in [0.25, 0.3) is 0 Å². The minimum Gasteiger partial charge on any atom is -0.491 e. The summed E-state index contributed by atoms with van der Waals surface area (Å²) in [6.07, 6.45) is -0.801. The second-order valence-electron chi connectivity index (χ2n) is 3.24. The SMILES string of the molecule is CCOCC.OCC(O)COc1ccccc1. The number of aliphatic hydroxyl groups is 2. The van der Waals surface area contributed by atoms with Gasteiger partial charge in [0.2, 0.25) is 0 Å². The molecule has 98 valence electrons. The van der Waals surface area contributed by atoms with Gasteiger partial charge in [-0.25, -0.2) is 0 Å². The van der Waals surface area contributed by atoms with Gasteiger partial charge in [0.05, 0.1) is 6.61 Å². The van der Waals surface area contributed by atoms with Crippen LogP contribution in [0.4, 0.5) is 0 Å². The Labute approximate surface area is 103 Å². The lowest BCUT2D eigenvalue weighted by Crippen LogP contribution is -2.21. The Kier molecular flexibility index (Phi) is 10.7. The molecular formula is C13H22O4. The molecule has 0 saturated heterocycles. The van der Waals surface area contributed by atoms with Crippen LogP contribution in [-0.4, -0.2) is 42.7 Å². The average Bonchev–Trinajstić information content (AvgIpc) is 2.39. The quantitative estimate of drug-likeness (QED) is 0.793. The molecule has 0 saturated carbocycles. The van der Waals surface area contributed by atoms with E-state index >= 15 is 0 Å². The van der Waals surface area contributed by atoms with Crippen molar-refractivity contribution in [3.8, 4) is 5.75 Å². The summed E-state index contributed by atoms with van der Waals surface area (Å²) in [5.74, 6) is 0.699. The van der Waals surface area contributed by atoms with E-state index in [2.05, 4.69) is 0 Å². The summed E-state index contributed by atoms with van der Waals surface area (Å²) in [5, 5.41) is 17.4. The monoisotopic (exact) mass is 242 g/mol. The Morgan fingerprint density at radius 2 is 1.71 bits per heavy atom. The third-order valence-corrected chi connectivity index (χ3v) is 1.80. The molecule has 0 aromatic heterocycles. The van der Waals surface area contributed by atoms with Gasteiger partial charge in [0, 0.05) is 13.2 Å². The maximum atomic E-state index is 8.94. The molecule has 1 aromatic rings. The van der Waals surface area contributed by atoms with E-state index in [4.69, 9.17) is 19.7 Å². The first kappa shape index (κ1) is 15.9. The van der Waals surface area contributed by atoms with Crippen molar-refractivity contribution < 1.29 is 19.7 Å². The number of ether oxygens (including phenoxy) is 2. The normalized spacial score (nSPS) is 11.3. The second-order valence-corrected chi connectivity index (χ2v) is 3.24. The molecule has 0 aliphatic heterocycles. The van der Waals surface area contributed by atoms with E-state index in [0.717, 1.165) is 13.2 Å². The highest BCUT2D eigenvalue weighted by atomic mass is 16.5. The molecule has 1 rings (SSSR count). The number of rotatable bonds is 6. The molecule has 4 heteroatoms. The lowest BCUT2D eigenvalue weighted by atomic mass is 10.3. The molecule has 0 fully saturated rings. The number of hydrogen-bond donors (Lipinski definition) is 2. The molecule has 0 aliphatic rings. The highest BCUT2D eigenvalue weighted by Crippen LogP contribution is 2.08. The van der Waals surface area contributed by atoms with E-state index in [0.29, 0.717) is 5.75 Å². The van der Waals surface area contributed by atoms with E-state index < -0.39 is 6.10 Å². The number of benzene rings is 1. The maximum absolute atomic E-state index is 8.94. The Morgan fingerprint density at radius 1 is 1.12 bits per heavy atom. The van der Waals surface area contributed by atoms with Crippen molar-refractivity contribution in [1.29, 1.82) is 0 Å². The first-order chi connectivity index (χ1) is 8.24. The number of hydrogen-bond acceptors (Lipinski definition) is 4. The van der Waals surface area contributed by atoms with Crippen molar-refractivity contribution in [2.24, 2.45) is 0 Å². The van der Waals surface area contributed by atoms with Crippen LogP contribution in [0.15, 0.2) is 30.3 Å². The molecule has 0 bridgehead atoms. The van der Waals surface area contributed by atoms with Gasteiger partial charge in [0.25, 0.3) is 0 Å². The van der Waals surface area contributed by atoms with Crippen molar-refractivity contribution in [3.05, 3.63) is 30.3 Å². The summed E-state index contributed by atoms with van der Waals surface area (Å²) in [7, 11) is 0. The first-order valence-electron chi connectivity index (χ1n) is 5.79. The Morgan fingerprint density at radius 3 is 2.12 bits per heavy atom. The molecule has 1 unspecified atom stereocenters. The molecule has 0 spiro atoms. The smallest absolute Gasteiger partial charge is 0.119 e. The van der Waals surface area contributed by atoms with Crippen molar-refractivity contribution in [3.63, 3.8) is 0 Å². The average molecular weight is 242 g/mol. The predicted molar refractivity (Wildman–Crippen MR) is 67.2 cm³/mol. The Hall–Kier alpha value is -1.10. The van der Waals surface area contributed by atoms with Crippen molar-refractivity contribution in [2.45, 2.75) is 20.0 Å². The second kappa shape index (κ2) is 11.4. The summed E-state index contributed by atoms with van der Waals surface area (Å²) < 4.78 is 9.98. The molecule has 0 amide bonds. The van der Waals surface area contributed by atoms with Gasteiger partial charge in [-0.15, -0.1) is 0 Å². The Bertz CT molecular complexity index is 249. The van der Waals surface area contributed by atoms with Crippen LogP contribution in [0.2, 0.25) is 0 Å². The predicted octanol–water partition coefficient (Wildman–Crippen LogP) is 1.46. The van der Waals surface area contributed by atoms with Gasteiger partial charge in [-0.05, 0) is 26.0 Å². The zero-order chi connectivity index (χ0) is 12.9. The van der Waals surface area contributed by atoms with Crippen molar-refractivity contribution in [2.75, 3.05) is 26.4 Å². The fraction of sp³-hybridized carbons (Fsp3) is 0.538. The highest BCUT2D eigenvalue weighted by molar-refractivity contribution is 5.20. The molecule has 4 nitrogen and oxygen atoms in total. The van der Waals surface area contributed by atoms with E-state index in [1.807, 2.05) is 32.0 Å². The lowest BCUT2D eigenvalue weighted by molar-refractivity contribution is 0.0536. The highest BCUT2D eigenvalue weighted by Gasteiger charge is 2.01. The summed E-state index contributed by atoms with van der Waals surface area (Å²) in [6.45, 7) is 5.52. The van der Waals surface area contributed by atoms with Crippen LogP contribution < -0.4 is 4.74 Å². The third-order valence-electron chi connectivity index (χ3n) is 1.80. The van der Waals surface area contributed by atoms with Gasteiger partial charge in [-0.3, -0.25) is 0 Å². The molecule has 1 aromatic carbocycles. The molecule has 17 heavy (non-hydrogen) atoms. The van der Waals surface area contributed by atoms with Crippen LogP contribution in [-0.2, 0) is 4.74 Å². The van der Waals surface area contributed by atoms with E-state index in [1.165, 1.54) is 0 Å². The van der Waals surface area contributed by atoms with Crippen LogP contribution in [0.3, 0.4) is 0 Å². The standard InChI is InChI=1S/C9H12O3.C4H10O/c10-6-8(11)7-12-9-4-2-1-3-5-9;1-3-5-4-2/h1-5,8,10-11H,6-7H2;3-4H2,1-2H3. The Balaban J connectivity index is 0.000000437. The van der Waals surface area contributed by atoms with Crippen LogP contribution in [0, 0.1) is 0 Å². The van der Waals surface area contributed by atoms with Gasteiger partial charge in [0.15, 0.2) is 0 Å². The molecule has 0 aliphatic carbocycles. The minimum atomic E-state index is -0.801. The van der Waals surface area contributed by atoms with Gasteiger partial charge in [-0.2, -0.15) is 0 Å². The third kappa shape index (κ3) is 9.81. The molecule has 1 atom stereocenters. The summed E-state index contributed by atoms with van der Waals surface area (Å²) in [6, 6.07) is 9.17. The van der Waals surface area contributed by atoms with Crippen molar-refractivity contribution in [1.82, 2.24) is 0 Å². The molecule has 0 heterocycles. The molecular weight excluding hydrogens is 220 g/mol. The summed E-state index contributed by atoms with van der Waals surface area (Å²) in [5.41, 5.74) is 0. The van der Waals surface area contributed by atoms with Crippen LogP contribution in [0.1, 0.15) is 13.8 Å². The summed E-state index contributed by atoms with van der Waals surface area (Å²) >= 11 is 0. The largest absolute Gasteiger partial charge is 0.491 e. The van der Waals surface area contributed by atoms with E-state index in [-0.39, 0.29) is 13.2 Å². The van der Waals surface area contributed by atoms with Gasteiger partial charge in [0.1, 0.15) is 18.5 Å². The topological polar surface area (TPSA) is 58.9 Å². The fourth-order valence-electron chi connectivity index (χ4n) is 0.966. The zero-order valence-electron chi connectivity index (χ0n) is 10.5. The molecule has 0 radical (unpaired) electrons. The minimum absolute atomic E-state index is 0.126. The number of para-hydroxylation sites is 1. The van der Waals surface area contributed by atoms with Gasteiger partial charge in [-0.1, -0.05) is 18.2 Å². The number of aliphatic hydroxyl groups excluding tert-OH is 2. The van der Waals surface area contributed by atoms with E-state index in [1.54, 1.807) is 12.1 Å². The maximum Gasteiger partial charge on any atom is 0.119 e. The van der Waals surface area contributed by atoms with Gasteiger partial charge >= 0.3 is 0 Å². The van der Waals surface area contributed by atoms with Crippen LogP contribution >= 0.6 is 0 Å². The lowest BCUT2D eigenvalue weighted by Gasteiger charge is -2.08. The first-order valence-corrected chi connectivity index (χ1v) is 5.79.